The molecule has 21 nitrogen and oxygen atoms in total. The molecule has 0 bridgehead atoms. The van der Waals surface area contributed by atoms with Crippen molar-refractivity contribution in [3.8, 4) is 0 Å². The number of imidazole rings is 1. The van der Waals surface area contributed by atoms with Gasteiger partial charge in [0.2, 0.25) is 11.8 Å². The lowest BCUT2D eigenvalue weighted by atomic mass is 9.91. The number of aliphatic carboxylic acids is 3. The van der Waals surface area contributed by atoms with Crippen LogP contribution in [-0.2, 0) is 32.1 Å². The van der Waals surface area contributed by atoms with Gasteiger partial charge < -0.3 is 46.6 Å². The molecule has 0 amide bonds. The fourth-order valence-electron chi connectivity index (χ4n) is 5.85. The van der Waals surface area contributed by atoms with Gasteiger partial charge in [-0.25, -0.2) is 24.4 Å². The molecule has 6 aromatic rings. The lowest BCUT2D eigenvalue weighted by Crippen LogP contribution is -2.29. The van der Waals surface area contributed by atoms with E-state index in [1.807, 2.05) is 55.5 Å². The van der Waals surface area contributed by atoms with E-state index in [4.69, 9.17) is 50.1 Å². The van der Waals surface area contributed by atoms with Gasteiger partial charge in [0.15, 0.2) is 29.3 Å². The Hall–Kier alpha value is -7.73. The number of aromatic nitrogens is 9. The summed E-state index contributed by atoms with van der Waals surface area (Å²) in [5, 5.41) is 62.6. The number of tetrazole rings is 1. The highest BCUT2D eigenvalue weighted by atomic mass is 19.4. The number of carbonyl (C=O) groups is 3. The fourth-order valence-corrected chi connectivity index (χ4v) is 5.85. The van der Waals surface area contributed by atoms with E-state index < -0.39 is 61.0 Å². The number of aliphatic hydroxyl groups excluding tert-OH is 2. The van der Waals surface area contributed by atoms with Crippen LogP contribution in [0.5, 0.6) is 0 Å². The first-order valence-electron chi connectivity index (χ1n) is 19.5. The summed E-state index contributed by atoms with van der Waals surface area (Å²) in [6.45, 7) is 3.37. The molecule has 0 radical (unpaired) electrons. The Balaban J connectivity index is 0.000000412. The Bertz CT molecular complexity index is 2520. The van der Waals surface area contributed by atoms with Crippen LogP contribution < -0.4 is 16.4 Å². The Labute approximate surface area is 381 Å². The van der Waals surface area contributed by atoms with Crippen molar-refractivity contribution in [2.75, 3.05) is 29.5 Å². The van der Waals surface area contributed by atoms with Gasteiger partial charge in [-0.05, 0) is 35.4 Å². The Morgan fingerprint density at radius 2 is 1.29 bits per heavy atom. The third-order valence-electron chi connectivity index (χ3n) is 9.04. The van der Waals surface area contributed by atoms with Gasteiger partial charge in [-0.3, -0.25) is 4.57 Å². The summed E-state index contributed by atoms with van der Waals surface area (Å²) < 4.78 is 103. The third-order valence-corrected chi connectivity index (χ3v) is 9.04. The van der Waals surface area contributed by atoms with Crippen LogP contribution in [0.15, 0.2) is 85.2 Å². The van der Waals surface area contributed by atoms with Crippen molar-refractivity contribution in [1.29, 1.82) is 0 Å². The zero-order valence-electron chi connectivity index (χ0n) is 35.2. The summed E-state index contributed by atoms with van der Waals surface area (Å²) in [4.78, 5) is 46.7. The molecule has 69 heavy (non-hydrogen) atoms. The van der Waals surface area contributed by atoms with E-state index in [-0.39, 0.29) is 11.7 Å². The molecule has 4 aromatic heterocycles. The number of aliphatic hydroxyl groups is 2. The average Bonchev–Trinajstić information content (AvgIpc) is 4.01. The number of nitrogens with zero attached hydrogens (tertiary/aromatic N) is 9. The Morgan fingerprint density at radius 1 is 0.754 bits per heavy atom. The van der Waals surface area contributed by atoms with Crippen LogP contribution in [0, 0.1) is 0 Å². The van der Waals surface area contributed by atoms with Gasteiger partial charge >= 0.3 is 36.4 Å². The van der Waals surface area contributed by atoms with Gasteiger partial charge in [-0.15, -0.1) is 10.2 Å². The maximum atomic E-state index is 11.1. The van der Waals surface area contributed by atoms with E-state index in [0.29, 0.717) is 54.8 Å². The van der Waals surface area contributed by atoms with Crippen molar-refractivity contribution >= 4 is 46.7 Å². The van der Waals surface area contributed by atoms with Crippen LogP contribution in [-0.4, -0.2) is 132 Å². The number of nitrogen functional groups attached to an aromatic ring is 1. The van der Waals surface area contributed by atoms with E-state index in [9.17, 15) is 49.7 Å². The number of nitrogens with two attached hydrogens (primary N) is 1. The maximum Gasteiger partial charge on any atom is 0.490 e. The normalized spacial score (nSPS) is 16.8. The standard InChI is InChI=1S/C33H36N12O3.3C2HF3O2/c1-2-45-42-30(41-43-45)28-26(46)27(47)32(48-28)44-19-37-25-29(36-18-23(20-10-5-3-6-11-20)21-12-7-4-8-13-21)39-33(40-31(25)44)35-17-16-22-14-9-15-24(34)38-22;3*3-2(4,5)1(6)7/h3-15,19,23,26-28,32,46-47H,2,16-18H2,1H3,(H2,34,38)(H2,35,36,39,40);3*(H,6,7)/t26-,27+,28-,32+;;;/m0.../s1. The average molecular weight is 991 g/mol. The highest BCUT2D eigenvalue weighted by Crippen LogP contribution is 2.39. The first-order chi connectivity index (χ1) is 32.3. The zero-order valence-corrected chi connectivity index (χ0v) is 35.2. The van der Waals surface area contributed by atoms with E-state index >= 15 is 0 Å². The van der Waals surface area contributed by atoms with E-state index in [2.05, 4.69) is 60.3 Å². The first kappa shape index (κ1) is 53.9. The molecule has 1 aliphatic heterocycles. The maximum absolute atomic E-state index is 11.1. The molecule has 0 saturated carbocycles. The van der Waals surface area contributed by atoms with Crippen LogP contribution in [0.4, 0.5) is 57.1 Å². The molecule has 1 aliphatic rings. The van der Waals surface area contributed by atoms with Gasteiger partial charge in [0.05, 0.1) is 12.9 Å². The number of hydrogen-bond acceptors (Lipinski definition) is 16. The number of rotatable bonds is 12. The molecule has 4 atom stereocenters. The monoisotopic (exact) mass is 990 g/mol. The van der Waals surface area contributed by atoms with Crippen molar-refractivity contribution in [1.82, 2.24) is 44.7 Å². The van der Waals surface area contributed by atoms with Crippen molar-refractivity contribution in [3.63, 3.8) is 0 Å². The molecule has 7 rings (SSSR count). The van der Waals surface area contributed by atoms with Crippen molar-refractivity contribution in [2.45, 2.75) is 68.9 Å². The lowest BCUT2D eigenvalue weighted by Gasteiger charge is -2.20. The van der Waals surface area contributed by atoms with Crippen LogP contribution >= 0.6 is 0 Å². The van der Waals surface area contributed by atoms with Crippen LogP contribution in [0.3, 0.4) is 0 Å². The number of benzene rings is 2. The van der Waals surface area contributed by atoms with Crippen molar-refractivity contribution in [3.05, 3.63) is 108 Å². The number of aryl methyl sites for hydroxylation is 1. The zero-order chi connectivity index (χ0) is 51.3. The number of ether oxygens (including phenoxy) is 1. The summed E-state index contributed by atoms with van der Waals surface area (Å²) in [6, 6.07) is 26.1. The predicted molar refractivity (Wildman–Crippen MR) is 219 cm³/mol. The minimum atomic E-state index is -5.08. The summed E-state index contributed by atoms with van der Waals surface area (Å²) in [5.41, 5.74) is 9.87. The second kappa shape index (κ2) is 23.3. The van der Waals surface area contributed by atoms with Crippen molar-refractivity contribution in [2.24, 2.45) is 0 Å². The number of alkyl halides is 9. The summed E-state index contributed by atoms with van der Waals surface area (Å²) in [6.07, 6.45) is -17.8. The third kappa shape index (κ3) is 15.4. The van der Waals surface area contributed by atoms with Gasteiger partial charge in [0.1, 0.15) is 18.0 Å². The first-order valence-corrected chi connectivity index (χ1v) is 19.5. The summed E-state index contributed by atoms with van der Waals surface area (Å²) in [5.74, 6) is -6.79. The van der Waals surface area contributed by atoms with Crippen LogP contribution in [0.2, 0.25) is 0 Å². The number of carboxylic acids is 3. The quantitative estimate of drug-likeness (QED) is 0.0777. The van der Waals surface area contributed by atoms with Crippen LogP contribution in [0.25, 0.3) is 11.2 Å². The van der Waals surface area contributed by atoms with Crippen LogP contribution in [0.1, 0.15) is 47.8 Å². The molecule has 9 N–H and O–H groups in total. The molecule has 1 saturated heterocycles. The molecule has 372 valence electrons. The minimum Gasteiger partial charge on any atom is -0.475 e. The molecule has 0 spiro atoms. The molecule has 1 fully saturated rings. The number of fused-ring (bicyclic) bond motifs is 1. The van der Waals surface area contributed by atoms with Gasteiger partial charge in [-0.1, -0.05) is 66.7 Å². The highest BCUT2D eigenvalue weighted by molar-refractivity contribution is 5.84. The Kier molecular flexibility index (Phi) is 18.2. The number of halogens is 9. The molecule has 0 aliphatic carbocycles. The summed E-state index contributed by atoms with van der Waals surface area (Å²) >= 11 is 0. The molecule has 0 unspecified atom stereocenters. The number of anilines is 3. The second-order valence-electron chi connectivity index (χ2n) is 13.9. The molecule has 30 heteroatoms. The summed E-state index contributed by atoms with van der Waals surface area (Å²) in [7, 11) is 0. The smallest absolute Gasteiger partial charge is 0.475 e. The Morgan fingerprint density at radius 3 is 1.77 bits per heavy atom. The number of hydrogen-bond donors (Lipinski definition) is 8. The topological polar surface area (TPSA) is 312 Å². The number of pyridine rings is 1. The predicted octanol–water partition coefficient (Wildman–Crippen LogP) is 4.60. The van der Waals surface area contributed by atoms with Gasteiger partial charge in [0, 0.05) is 31.1 Å². The fraction of sp³-hybridized carbons (Fsp3) is 0.333. The van der Waals surface area contributed by atoms with E-state index in [0.717, 1.165) is 16.8 Å². The number of nitrogens with one attached hydrogen (secondary N) is 2. The van der Waals surface area contributed by atoms with Gasteiger partial charge in [-0.2, -0.15) is 54.3 Å². The second-order valence-corrected chi connectivity index (χ2v) is 13.9. The molecule has 2 aromatic carbocycles. The molecular formula is C39H39F9N12O9. The SMILES string of the molecule is CCn1nnc([C@H]2O[C@@H](n3cnc4c(NCC(c5ccccc5)c5ccccc5)nc(NCCc5cccc(N)n5)nc43)[C@H](O)[C@@H]2O)n1.O=C(O)C(F)(F)F.O=C(O)C(F)(F)F.O=C(O)C(F)(F)F. The van der Waals surface area contributed by atoms with E-state index in [1.54, 1.807) is 10.6 Å². The number of carboxylic acid groups (broad SMARTS) is 3. The molecular weight excluding hydrogens is 951 g/mol. The lowest BCUT2D eigenvalue weighted by molar-refractivity contribution is -0.193. The largest absolute Gasteiger partial charge is 0.490 e. The minimum absolute atomic E-state index is 0.0189. The van der Waals surface area contributed by atoms with Crippen molar-refractivity contribution < 1.29 is 84.2 Å². The van der Waals surface area contributed by atoms with Gasteiger partial charge in [0.25, 0.3) is 0 Å². The molecule has 5 heterocycles. The highest BCUT2D eigenvalue weighted by Gasteiger charge is 2.47. The van der Waals surface area contributed by atoms with E-state index in [1.165, 1.54) is 11.1 Å².